The maximum absolute atomic E-state index is 13.4. The minimum Gasteiger partial charge on any atom is -0.396 e. The molecule has 0 aliphatic carbocycles. The highest BCUT2D eigenvalue weighted by molar-refractivity contribution is 9.10. The molecule has 1 fully saturated rings. The molecule has 1 aromatic rings. The second-order valence-electron chi connectivity index (χ2n) is 5.21. The Morgan fingerprint density at radius 3 is 2.76 bits per heavy atom. The van der Waals surface area contributed by atoms with E-state index in [2.05, 4.69) is 15.9 Å². The lowest BCUT2D eigenvalue weighted by Gasteiger charge is -2.35. The van der Waals surface area contributed by atoms with Gasteiger partial charge in [0.2, 0.25) is 10.0 Å². The van der Waals surface area contributed by atoms with Crippen LogP contribution >= 0.6 is 15.9 Å². The summed E-state index contributed by atoms with van der Waals surface area (Å²) in [7, 11) is -2.17. The number of halogens is 2. The lowest BCUT2D eigenvalue weighted by atomic mass is 9.97. The average molecular weight is 381 g/mol. The van der Waals surface area contributed by atoms with Crippen molar-refractivity contribution >= 4 is 31.6 Å². The maximum atomic E-state index is 13.4. The fourth-order valence-corrected chi connectivity index (χ4v) is 4.89. The highest BCUT2D eigenvalue weighted by atomic mass is 79.9. The van der Waals surface area contributed by atoms with E-state index in [4.69, 9.17) is 10.5 Å². The summed E-state index contributed by atoms with van der Waals surface area (Å²) >= 11 is 3.10. The Morgan fingerprint density at radius 1 is 1.48 bits per heavy atom. The van der Waals surface area contributed by atoms with E-state index in [9.17, 15) is 12.8 Å². The first-order valence-electron chi connectivity index (χ1n) is 6.54. The molecule has 0 saturated carbocycles. The number of hydrogen-bond acceptors (Lipinski definition) is 4. The topological polar surface area (TPSA) is 72.6 Å². The van der Waals surface area contributed by atoms with E-state index < -0.39 is 15.8 Å². The monoisotopic (exact) mass is 380 g/mol. The van der Waals surface area contributed by atoms with Gasteiger partial charge in [0.1, 0.15) is 5.82 Å². The number of nitrogens with two attached hydrogens (primary N) is 1. The van der Waals surface area contributed by atoms with Crippen molar-refractivity contribution in [3.63, 3.8) is 0 Å². The number of ether oxygens (including phenoxy) is 1. The number of hydrogen-bond donors (Lipinski definition) is 1. The molecule has 2 atom stereocenters. The van der Waals surface area contributed by atoms with Crippen molar-refractivity contribution in [2.45, 2.75) is 24.3 Å². The van der Waals surface area contributed by atoms with Gasteiger partial charge in [0.25, 0.3) is 0 Å². The molecular weight excluding hydrogens is 363 g/mol. The van der Waals surface area contributed by atoms with Crippen LogP contribution in [-0.2, 0) is 14.8 Å². The van der Waals surface area contributed by atoms with Crippen LogP contribution in [0.1, 0.15) is 13.3 Å². The summed E-state index contributed by atoms with van der Waals surface area (Å²) < 4.78 is 45.6. The van der Waals surface area contributed by atoms with Crippen molar-refractivity contribution in [2.24, 2.45) is 5.92 Å². The van der Waals surface area contributed by atoms with Crippen molar-refractivity contribution in [1.82, 2.24) is 4.31 Å². The molecule has 2 rings (SSSR count). The minimum absolute atomic E-state index is 0.0224. The Balaban J connectivity index is 2.37. The summed E-state index contributed by atoms with van der Waals surface area (Å²) in [6.45, 7) is 2.72. The number of methoxy groups -OCH3 is 1. The first kappa shape index (κ1) is 16.7. The van der Waals surface area contributed by atoms with Gasteiger partial charge >= 0.3 is 0 Å². The maximum Gasteiger partial charge on any atom is 0.244 e. The lowest BCUT2D eigenvalue weighted by Crippen LogP contribution is -2.46. The van der Waals surface area contributed by atoms with Gasteiger partial charge in [0.05, 0.1) is 16.7 Å². The van der Waals surface area contributed by atoms with E-state index in [1.165, 1.54) is 4.31 Å². The van der Waals surface area contributed by atoms with E-state index in [1.807, 2.05) is 6.92 Å². The van der Waals surface area contributed by atoms with E-state index in [0.29, 0.717) is 18.9 Å². The van der Waals surface area contributed by atoms with Crippen LogP contribution in [0, 0.1) is 11.7 Å². The quantitative estimate of drug-likeness (QED) is 0.815. The van der Waals surface area contributed by atoms with Crippen LogP contribution < -0.4 is 5.73 Å². The normalized spacial score (nSPS) is 24.2. The van der Waals surface area contributed by atoms with Crippen LogP contribution in [0.2, 0.25) is 0 Å². The molecular formula is C13H18BrFN2O3S. The Labute approximate surface area is 132 Å². The third kappa shape index (κ3) is 3.23. The number of benzene rings is 1. The van der Waals surface area contributed by atoms with Crippen molar-refractivity contribution in [3.05, 3.63) is 22.4 Å². The summed E-state index contributed by atoms with van der Waals surface area (Å²) in [6.07, 6.45) is 0.566. The SMILES string of the molecule is COC1CN(S(=O)(=O)c2cc(N)c(F)cc2Br)CCC1C. The molecule has 8 heteroatoms. The van der Waals surface area contributed by atoms with Gasteiger partial charge in [0.15, 0.2) is 0 Å². The van der Waals surface area contributed by atoms with Crippen LogP contribution in [0.15, 0.2) is 21.5 Å². The van der Waals surface area contributed by atoms with Gasteiger partial charge in [-0.2, -0.15) is 4.31 Å². The van der Waals surface area contributed by atoms with Crippen LogP contribution in [0.25, 0.3) is 0 Å². The van der Waals surface area contributed by atoms with E-state index in [-0.39, 0.29) is 27.7 Å². The fraction of sp³-hybridized carbons (Fsp3) is 0.538. The van der Waals surface area contributed by atoms with Crippen molar-refractivity contribution in [1.29, 1.82) is 0 Å². The summed E-state index contributed by atoms with van der Waals surface area (Å²) in [5.41, 5.74) is 5.30. The van der Waals surface area contributed by atoms with Gasteiger partial charge in [-0.15, -0.1) is 0 Å². The lowest BCUT2D eigenvalue weighted by molar-refractivity contribution is 0.0183. The third-order valence-corrected chi connectivity index (χ3v) is 6.65. The number of rotatable bonds is 3. The Bertz CT molecular complexity index is 639. The minimum atomic E-state index is -3.74. The molecule has 5 nitrogen and oxygen atoms in total. The van der Waals surface area contributed by atoms with Crippen LogP contribution in [0.4, 0.5) is 10.1 Å². The molecule has 1 aromatic carbocycles. The Kier molecular flexibility index (Phi) is 4.92. The highest BCUT2D eigenvalue weighted by Gasteiger charge is 2.35. The van der Waals surface area contributed by atoms with Gasteiger partial charge in [-0.05, 0) is 40.4 Å². The van der Waals surface area contributed by atoms with Gasteiger partial charge in [-0.1, -0.05) is 6.92 Å². The molecule has 1 aliphatic rings. The smallest absolute Gasteiger partial charge is 0.244 e. The fourth-order valence-electron chi connectivity index (χ4n) is 2.41. The molecule has 0 radical (unpaired) electrons. The molecule has 21 heavy (non-hydrogen) atoms. The largest absolute Gasteiger partial charge is 0.396 e. The molecule has 2 N–H and O–H groups in total. The molecule has 0 bridgehead atoms. The molecule has 0 aromatic heterocycles. The number of piperidine rings is 1. The summed E-state index contributed by atoms with van der Waals surface area (Å²) in [4.78, 5) is -0.0224. The Morgan fingerprint density at radius 2 is 2.14 bits per heavy atom. The van der Waals surface area contributed by atoms with Gasteiger partial charge in [0, 0.05) is 24.7 Å². The average Bonchev–Trinajstić information content (AvgIpc) is 2.43. The predicted molar refractivity (Wildman–Crippen MR) is 81.8 cm³/mol. The zero-order valence-electron chi connectivity index (χ0n) is 11.8. The third-order valence-electron chi connectivity index (χ3n) is 3.82. The van der Waals surface area contributed by atoms with Crippen LogP contribution in [-0.4, -0.2) is 39.0 Å². The number of nitrogen functional groups attached to an aromatic ring is 1. The molecule has 0 spiro atoms. The molecule has 2 unspecified atom stereocenters. The Hall–Kier alpha value is -0.700. The summed E-state index contributed by atoms with van der Waals surface area (Å²) in [6, 6.07) is 2.22. The van der Waals surface area contributed by atoms with E-state index >= 15 is 0 Å². The predicted octanol–water partition coefficient (Wildman–Crippen LogP) is 2.22. The molecule has 1 heterocycles. The first-order chi connectivity index (χ1) is 9.77. The summed E-state index contributed by atoms with van der Waals surface area (Å²) in [5, 5.41) is 0. The number of nitrogens with zero attached hydrogens (tertiary/aromatic N) is 1. The van der Waals surface area contributed by atoms with E-state index in [0.717, 1.165) is 12.1 Å². The number of sulfonamides is 1. The zero-order valence-corrected chi connectivity index (χ0v) is 14.2. The molecule has 1 saturated heterocycles. The second-order valence-corrected chi connectivity index (χ2v) is 7.97. The van der Waals surface area contributed by atoms with Crippen molar-refractivity contribution in [3.8, 4) is 0 Å². The van der Waals surface area contributed by atoms with Gasteiger partial charge in [-0.3, -0.25) is 0 Å². The van der Waals surface area contributed by atoms with Gasteiger partial charge < -0.3 is 10.5 Å². The van der Waals surface area contributed by atoms with E-state index in [1.54, 1.807) is 7.11 Å². The first-order valence-corrected chi connectivity index (χ1v) is 8.78. The molecule has 0 amide bonds. The standard InChI is InChI=1S/C13H18BrFN2O3S/c1-8-3-4-17(7-12(8)20-2)21(18,19)13-6-11(16)10(15)5-9(13)14/h5-6,8,12H,3-4,7,16H2,1-2H3. The highest BCUT2D eigenvalue weighted by Crippen LogP contribution is 2.31. The molecule has 1 aliphatic heterocycles. The second kappa shape index (κ2) is 6.20. The number of anilines is 1. The van der Waals surface area contributed by atoms with Crippen molar-refractivity contribution in [2.75, 3.05) is 25.9 Å². The van der Waals surface area contributed by atoms with Crippen LogP contribution in [0.5, 0.6) is 0 Å². The zero-order chi connectivity index (χ0) is 15.8. The van der Waals surface area contributed by atoms with Gasteiger partial charge in [-0.25, -0.2) is 12.8 Å². The van der Waals surface area contributed by atoms with Crippen LogP contribution in [0.3, 0.4) is 0 Å². The van der Waals surface area contributed by atoms with Crippen molar-refractivity contribution < 1.29 is 17.5 Å². The molecule has 118 valence electrons. The summed E-state index contributed by atoms with van der Waals surface area (Å²) in [5.74, 6) is -0.356.